The molecule has 0 spiro atoms. The summed E-state index contributed by atoms with van der Waals surface area (Å²) in [6, 6.07) is 20.7. The van der Waals surface area contributed by atoms with E-state index in [2.05, 4.69) is 0 Å². The van der Waals surface area contributed by atoms with Crippen molar-refractivity contribution >= 4 is 48.1 Å². The average molecular weight is 1460 g/mol. The number of phenols is 2. The lowest BCUT2D eigenvalue weighted by molar-refractivity contribution is -0.421. The summed E-state index contributed by atoms with van der Waals surface area (Å²) in [5.74, 6) is -9.30. The van der Waals surface area contributed by atoms with Gasteiger partial charge in [-0.25, -0.2) is 19.2 Å². The molecule has 35 nitrogen and oxygen atoms in total. The topological polar surface area (TPSA) is 516 Å². The Morgan fingerprint density at radius 1 is 0.485 bits per heavy atom. The van der Waals surface area contributed by atoms with Crippen LogP contribution in [0.1, 0.15) is 40.9 Å². The number of aromatic hydroxyl groups is 2. The molecule has 4 aromatic carbocycles. The van der Waals surface area contributed by atoms with Gasteiger partial charge in [0, 0.05) is 25.2 Å². The summed E-state index contributed by atoms with van der Waals surface area (Å²) < 4.78 is 94.8. The van der Waals surface area contributed by atoms with Crippen LogP contribution in [0.3, 0.4) is 0 Å². The van der Waals surface area contributed by atoms with Gasteiger partial charge in [0.1, 0.15) is 123 Å². The van der Waals surface area contributed by atoms with Gasteiger partial charge in [0.05, 0.1) is 39.1 Å². The number of methoxy groups -OCH3 is 2. The molecule has 0 radical (unpaired) electrons. The second-order valence-corrected chi connectivity index (χ2v) is 24.1. The van der Waals surface area contributed by atoms with Crippen molar-refractivity contribution in [3.8, 4) is 28.7 Å². The lowest BCUT2D eigenvalue weighted by atomic mass is 9.95. The summed E-state index contributed by atoms with van der Waals surface area (Å²) in [6.07, 6.45) is -40.7. The number of benzene rings is 4. The van der Waals surface area contributed by atoms with E-state index in [-0.39, 0.29) is 45.4 Å². The minimum absolute atomic E-state index is 0.00524. The molecular weight excluding hydrogens is 1380 g/mol. The summed E-state index contributed by atoms with van der Waals surface area (Å²) >= 11 is 0. The number of carbonyl (C=O) groups is 5. The van der Waals surface area contributed by atoms with Gasteiger partial charge in [-0.05, 0) is 90.4 Å². The molecule has 5 heterocycles. The Kier molecular flexibility index (Phi) is 27.1. The van der Waals surface area contributed by atoms with Gasteiger partial charge in [0.25, 0.3) is 0 Å². The van der Waals surface area contributed by atoms with Crippen molar-refractivity contribution in [1.29, 1.82) is 0 Å². The third-order valence-corrected chi connectivity index (χ3v) is 17.0. The van der Waals surface area contributed by atoms with Crippen molar-refractivity contribution in [2.45, 2.75) is 161 Å². The normalized spacial score (nSPS) is 33.8. The molecule has 0 bridgehead atoms. The number of aliphatic hydroxyl groups excluding tert-OH is 12. The Morgan fingerprint density at radius 2 is 1.02 bits per heavy atom. The molecule has 14 N–H and O–H groups in total. The molecule has 5 saturated heterocycles. The van der Waals surface area contributed by atoms with E-state index in [1.54, 1.807) is 6.07 Å². The van der Waals surface area contributed by atoms with Crippen molar-refractivity contribution < 1.29 is 171 Å². The summed E-state index contributed by atoms with van der Waals surface area (Å²) in [4.78, 5) is 68.8. The van der Waals surface area contributed by atoms with Crippen LogP contribution in [0.15, 0.2) is 109 Å². The summed E-state index contributed by atoms with van der Waals surface area (Å²) in [7, 11) is 2.51. The van der Waals surface area contributed by atoms with E-state index in [0.29, 0.717) is 5.56 Å². The fraction of sp³-hybridized carbons (Fsp3) is 0.485. The van der Waals surface area contributed by atoms with Crippen LogP contribution in [0, 0.1) is 0 Å². The summed E-state index contributed by atoms with van der Waals surface area (Å²) in [5, 5.41) is 153. The van der Waals surface area contributed by atoms with E-state index in [9.17, 15) is 95.5 Å². The molecular formula is C68H80O35. The predicted octanol–water partition coefficient (Wildman–Crippen LogP) is -2.88. The Labute approximate surface area is 585 Å². The number of aliphatic hydroxyl groups is 12. The zero-order valence-corrected chi connectivity index (χ0v) is 55.3. The van der Waals surface area contributed by atoms with Gasteiger partial charge in [-0.1, -0.05) is 42.5 Å². The third kappa shape index (κ3) is 19.2. The van der Waals surface area contributed by atoms with Gasteiger partial charge in [-0.3, -0.25) is 4.79 Å². The van der Waals surface area contributed by atoms with Crippen LogP contribution in [-0.2, 0) is 80.8 Å². The highest BCUT2D eigenvalue weighted by molar-refractivity contribution is 5.90. The monoisotopic (exact) mass is 1460 g/mol. The molecule has 0 aromatic heterocycles. The van der Waals surface area contributed by atoms with Gasteiger partial charge < -0.3 is 147 Å². The third-order valence-electron chi connectivity index (χ3n) is 17.0. The zero-order chi connectivity index (χ0) is 74.6. The fourth-order valence-electron chi connectivity index (χ4n) is 11.4. The predicted molar refractivity (Wildman–Crippen MR) is 341 cm³/mol. The Bertz CT molecular complexity index is 3590. The second-order valence-electron chi connectivity index (χ2n) is 24.1. The molecule has 4 aromatic rings. The summed E-state index contributed by atoms with van der Waals surface area (Å²) in [6.45, 7) is -3.05. The van der Waals surface area contributed by atoms with Gasteiger partial charge in [-0.2, -0.15) is 0 Å². The molecule has 5 aliphatic rings. The molecule has 5 fully saturated rings. The minimum Gasteiger partial charge on any atom is -0.508 e. The first kappa shape index (κ1) is 78.8. The molecule has 35 heteroatoms. The van der Waals surface area contributed by atoms with E-state index >= 15 is 0 Å². The summed E-state index contributed by atoms with van der Waals surface area (Å²) in [5.41, 5.74) is 0.710. The largest absolute Gasteiger partial charge is 0.508 e. The first-order valence-electron chi connectivity index (χ1n) is 32.0. The fourth-order valence-corrected chi connectivity index (χ4v) is 11.4. The minimum atomic E-state index is -3.02. The van der Waals surface area contributed by atoms with Crippen molar-refractivity contribution in [3.05, 3.63) is 131 Å². The molecule has 9 rings (SSSR count). The van der Waals surface area contributed by atoms with Crippen molar-refractivity contribution in [3.63, 3.8) is 0 Å². The van der Waals surface area contributed by atoms with Crippen LogP contribution in [0.4, 0.5) is 0 Å². The number of rotatable bonds is 27. The van der Waals surface area contributed by atoms with Crippen LogP contribution >= 0.6 is 0 Å². The van der Waals surface area contributed by atoms with E-state index < -0.39 is 210 Å². The van der Waals surface area contributed by atoms with Crippen LogP contribution in [0.25, 0.3) is 18.2 Å². The SMILES string of the molecule is COc1cc(C=CC(=O)OCC2(OC3OC(COC(C)=O)C(OC(=O)C=Cc4ccc(OC5OC(C)C(O)C(O)C5O)c(OC)c4)C(OC4OC(COC(=O)C=Cc5ccc(O)cc5)C(O)C(O)C4O)C3OC3OC(CO)C(O)C(O)C3O)OC(CO)C(O)C2OC(=O)c2ccccc2)ccc1O. The first-order chi connectivity index (χ1) is 49.2. The molecule has 0 saturated carbocycles. The Balaban J connectivity index is 1.15. The zero-order valence-electron chi connectivity index (χ0n) is 55.3. The smallest absolute Gasteiger partial charge is 0.338 e. The van der Waals surface area contributed by atoms with E-state index in [1.807, 2.05) is 0 Å². The quantitative estimate of drug-likeness (QED) is 0.0162. The maximum Gasteiger partial charge on any atom is 0.338 e. The lowest BCUT2D eigenvalue weighted by Crippen LogP contribution is -2.69. The van der Waals surface area contributed by atoms with Crippen LogP contribution in [0.2, 0.25) is 0 Å². The number of carbonyl (C=O) groups excluding carboxylic acids is 5. The van der Waals surface area contributed by atoms with E-state index in [0.717, 1.165) is 31.2 Å². The maximum absolute atomic E-state index is 14.7. The van der Waals surface area contributed by atoms with Crippen LogP contribution in [0.5, 0.6) is 28.7 Å². The van der Waals surface area contributed by atoms with Crippen LogP contribution < -0.4 is 14.2 Å². The van der Waals surface area contributed by atoms with Gasteiger partial charge in [-0.15, -0.1) is 0 Å². The molecule has 103 heavy (non-hydrogen) atoms. The van der Waals surface area contributed by atoms with E-state index in [4.69, 9.17) is 75.8 Å². The first-order valence-corrected chi connectivity index (χ1v) is 32.0. The molecule has 5 aliphatic heterocycles. The number of hydrogen-bond donors (Lipinski definition) is 14. The van der Waals surface area contributed by atoms with E-state index in [1.165, 1.54) is 118 Å². The average Bonchev–Trinajstić information content (AvgIpc) is 1.60. The molecule has 562 valence electrons. The van der Waals surface area contributed by atoms with Crippen molar-refractivity contribution in [2.24, 2.45) is 0 Å². The van der Waals surface area contributed by atoms with Gasteiger partial charge >= 0.3 is 29.8 Å². The highest BCUT2D eigenvalue weighted by Gasteiger charge is 2.64. The number of phenolic OH excluding ortho intramolecular Hbond substituents is 2. The Hall–Kier alpha value is -8.35. The highest BCUT2D eigenvalue weighted by atomic mass is 16.8. The Morgan fingerprint density at radius 3 is 1.65 bits per heavy atom. The maximum atomic E-state index is 14.7. The standard InChI is InChI=1S/C68H80O35/c1-31-49(77)53(81)56(84)64(93-31)94-39-20-13-35(25-41(39)89-4)16-23-48(76)98-59-45(29-90-32(2)71)97-67(103-68(30-92-47(75)22-15-34-12-19-38(73)40(24-34)88-3)62(52(80)43(27-70)102-68)101-63(87)36-8-6-5-7-9-36)61(100-65-57(85)54(82)50(78)42(26-69)95-65)60(59)99-66-58(86)55(83)51(79)44(96-66)28-91-46(74)21-14-33-10-17-37(72)18-11-33/h5-25,31,42-45,49-62,64-67,69-70,72-73,77-86H,26-30H2,1-4H3. The molecule has 24 atom stereocenters. The number of esters is 5. The second kappa shape index (κ2) is 35.4. The molecule has 0 aliphatic carbocycles. The van der Waals surface area contributed by atoms with Crippen molar-refractivity contribution in [2.75, 3.05) is 47.3 Å². The molecule has 0 amide bonds. The lowest BCUT2D eigenvalue weighted by Gasteiger charge is -2.50. The highest BCUT2D eigenvalue weighted by Crippen LogP contribution is 2.43. The number of ether oxygens (including phenoxy) is 16. The number of hydrogen-bond acceptors (Lipinski definition) is 35. The van der Waals surface area contributed by atoms with Gasteiger partial charge in [0.2, 0.25) is 12.1 Å². The van der Waals surface area contributed by atoms with Gasteiger partial charge in [0.15, 0.2) is 54.1 Å². The van der Waals surface area contributed by atoms with Crippen LogP contribution in [-0.4, -0.2) is 296 Å². The van der Waals surface area contributed by atoms with Crippen molar-refractivity contribution in [1.82, 2.24) is 0 Å². The molecule has 24 unspecified atom stereocenters.